The van der Waals surface area contributed by atoms with Crippen molar-refractivity contribution in [2.75, 3.05) is 14.2 Å². The highest BCUT2D eigenvalue weighted by Crippen LogP contribution is 2.33. The lowest BCUT2D eigenvalue weighted by Gasteiger charge is -2.10. The Labute approximate surface area is 98.4 Å². The highest BCUT2D eigenvalue weighted by atomic mass is 16.5. The molecule has 0 heterocycles. The Balaban J connectivity index is 2.86. The minimum Gasteiger partial charge on any atom is -0.496 e. The molecule has 88 valence electrons. The predicted octanol–water partition coefficient (Wildman–Crippen LogP) is 2.56. The van der Waals surface area contributed by atoms with Gasteiger partial charge in [0.2, 0.25) is 0 Å². The minimum atomic E-state index is -1.01. The third kappa shape index (κ3) is 1.78. The van der Waals surface area contributed by atoms with E-state index in [1.54, 1.807) is 37.4 Å². The first kappa shape index (κ1) is 11.3. The second-order valence-electron chi connectivity index (χ2n) is 3.50. The summed E-state index contributed by atoms with van der Waals surface area (Å²) in [5, 5.41) is 10.6. The van der Waals surface area contributed by atoms with E-state index in [0.29, 0.717) is 16.9 Å². The van der Waals surface area contributed by atoms with E-state index >= 15 is 0 Å². The van der Waals surface area contributed by atoms with Gasteiger partial charge in [0.05, 0.1) is 14.2 Å². The van der Waals surface area contributed by atoms with Crippen LogP contribution in [0.4, 0.5) is 0 Å². The number of hydrogen-bond acceptors (Lipinski definition) is 3. The number of carbonyl (C=O) groups is 1. The maximum Gasteiger partial charge on any atom is 0.340 e. The zero-order chi connectivity index (χ0) is 12.4. The second kappa shape index (κ2) is 4.33. The van der Waals surface area contributed by atoms with Gasteiger partial charge in [0.25, 0.3) is 0 Å². The fraction of sp³-hybridized carbons (Fsp3) is 0.154. The number of benzene rings is 2. The van der Waals surface area contributed by atoms with Crippen LogP contribution in [0.25, 0.3) is 10.8 Å². The number of methoxy groups -OCH3 is 2. The molecule has 0 aliphatic carbocycles. The van der Waals surface area contributed by atoms with Crippen LogP contribution in [0.5, 0.6) is 11.5 Å². The van der Waals surface area contributed by atoms with Gasteiger partial charge in [-0.05, 0) is 18.2 Å². The number of carboxylic acid groups (broad SMARTS) is 1. The molecule has 2 aromatic carbocycles. The molecule has 2 rings (SSSR count). The van der Waals surface area contributed by atoms with Gasteiger partial charge in [-0.3, -0.25) is 0 Å². The van der Waals surface area contributed by atoms with Crippen molar-refractivity contribution in [3.05, 3.63) is 35.9 Å². The van der Waals surface area contributed by atoms with Crippen LogP contribution in [0.2, 0.25) is 0 Å². The summed E-state index contributed by atoms with van der Waals surface area (Å²) in [5.74, 6) is -0.0217. The van der Waals surface area contributed by atoms with Crippen LogP contribution < -0.4 is 9.47 Å². The molecule has 4 heteroatoms. The molecule has 0 radical (unpaired) electrons. The van der Waals surface area contributed by atoms with Gasteiger partial charge in [0.15, 0.2) is 0 Å². The lowest BCUT2D eigenvalue weighted by molar-refractivity contribution is 0.0695. The Morgan fingerprint density at radius 3 is 2.29 bits per heavy atom. The standard InChI is InChI=1S/C13H12O4/c1-16-10-5-3-4-9-8(10)6-7-11(17-2)12(9)13(14)15/h3-7H,1-2H3,(H,14,15). The highest BCUT2D eigenvalue weighted by molar-refractivity contribution is 6.07. The third-order valence-electron chi connectivity index (χ3n) is 2.64. The van der Waals surface area contributed by atoms with Gasteiger partial charge in [-0.25, -0.2) is 4.79 Å². The first-order chi connectivity index (χ1) is 8.19. The van der Waals surface area contributed by atoms with Crippen LogP contribution in [0.1, 0.15) is 10.4 Å². The van der Waals surface area contributed by atoms with Crippen LogP contribution >= 0.6 is 0 Å². The summed E-state index contributed by atoms with van der Waals surface area (Å²) in [5.41, 5.74) is 0.156. The van der Waals surface area contributed by atoms with E-state index in [2.05, 4.69) is 0 Å². The van der Waals surface area contributed by atoms with Gasteiger partial charge in [-0.1, -0.05) is 12.1 Å². The fourth-order valence-electron chi connectivity index (χ4n) is 1.88. The average molecular weight is 232 g/mol. The molecule has 0 amide bonds. The van der Waals surface area contributed by atoms with E-state index in [0.717, 1.165) is 5.39 Å². The van der Waals surface area contributed by atoms with Crippen molar-refractivity contribution in [3.63, 3.8) is 0 Å². The maximum atomic E-state index is 11.3. The lowest BCUT2D eigenvalue weighted by atomic mass is 10.0. The molecule has 4 nitrogen and oxygen atoms in total. The SMILES string of the molecule is COc1ccc2c(OC)cccc2c1C(=O)O. The quantitative estimate of drug-likeness (QED) is 0.883. The van der Waals surface area contributed by atoms with Crippen molar-refractivity contribution >= 4 is 16.7 Å². The van der Waals surface area contributed by atoms with E-state index in [1.165, 1.54) is 7.11 Å². The molecule has 0 saturated heterocycles. The molecule has 0 bridgehead atoms. The van der Waals surface area contributed by atoms with Gasteiger partial charge >= 0.3 is 5.97 Å². The Morgan fingerprint density at radius 1 is 1.00 bits per heavy atom. The Hall–Kier alpha value is -2.23. The molecule has 17 heavy (non-hydrogen) atoms. The Bertz CT molecular complexity index is 575. The van der Waals surface area contributed by atoms with Crippen molar-refractivity contribution in [1.82, 2.24) is 0 Å². The molecule has 0 aliphatic rings. The monoisotopic (exact) mass is 232 g/mol. The lowest BCUT2D eigenvalue weighted by Crippen LogP contribution is -2.02. The molecular formula is C13H12O4. The first-order valence-corrected chi connectivity index (χ1v) is 5.06. The Kier molecular flexibility index (Phi) is 2.87. The van der Waals surface area contributed by atoms with E-state index in [1.807, 2.05) is 0 Å². The first-order valence-electron chi connectivity index (χ1n) is 5.06. The van der Waals surface area contributed by atoms with Crippen molar-refractivity contribution < 1.29 is 19.4 Å². The summed E-state index contributed by atoms with van der Waals surface area (Å²) in [6.07, 6.45) is 0. The maximum absolute atomic E-state index is 11.3. The number of carboxylic acids is 1. The summed E-state index contributed by atoms with van der Waals surface area (Å²) in [6, 6.07) is 8.71. The smallest absolute Gasteiger partial charge is 0.340 e. The topological polar surface area (TPSA) is 55.8 Å². The zero-order valence-electron chi connectivity index (χ0n) is 9.56. The molecule has 0 fully saturated rings. The normalized spacial score (nSPS) is 10.2. The molecule has 0 aromatic heterocycles. The van der Waals surface area contributed by atoms with Crippen LogP contribution in [0.3, 0.4) is 0 Å². The number of hydrogen-bond donors (Lipinski definition) is 1. The zero-order valence-corrected chi connectivity index (χ0v) is 9.56. The molecule has 2 aromatic rings. The van der Waals surface area contributed by atoms with E-state index in [4.69, 9.17) is 9.47 Å². The van der Waals surface area contributed by atoms with Crippen LogP contribution in [-0.4, -0.2) is 25.3 Å². The number of ether oxygens (including phenoxy) is 2. The molecule has 0 atom stereocenters. The van der Waals surface area contributed by atoms with Gasteiger partial charge < -0.3 is 14.6 Å². The van der Waals surface area contributed by atoms with Gasteiger partial charge in [0.1, 0.15) is 17.1 Å². The summed E-state index contributed by atoms with van der Waals surface area (Å²) >= 11 is 0. The van der Waals surface area contributed by atoms with Crippen molar-refractivity contribution in [1.29, 1.82) is 0 Å². The molecular weight excluding hydrogens is 220 g/mol. The summed E-state index contributed by atoms with van der Waals surface area (Å²) in [4.78, 5) is 11.3. The molecule has 0 saturated carbocycles. The number of rotatable bonds is 3. The molecule has 0 spiro atoms. The third-order valence-corrected chi connectivity index (χ3v) is 2.64. The summed E-state index contributed by atoms with van der Waals surface area (Å²) < 4.78 is 10.3. The molecule has 0 aliphatic heterocycles. The van der Waals surface area contributed by atoms with Gasteiger partial charge in [0, 0.05) is 10.8 Å². The van der Waals surface area contributed by atoms with Gasteiger partial charge in [-0.2, -0.15) is 0 Å². The fourth-order valence-corrected chi connectivity index (χ4v) is 1.88. The van der Waals surface area contributed by atoms with E-state index < -0.39 is 5.97 Å². The second-order valence-corrected chi connectivity index (χ2v) is 3.50. The summed E-state index contributed by atoms with van der Waals surface area (Å²) in [6.45, 7) is 0. The van der Waals surface area contributed by atoms with E-state index in [-0.39, 0.29) is 5.56 Å². The van der Waals surface area contributed by atoms with Crippen LogP contribution in [0.15, 0.2) is 30.3 Å². The minimum absolute atomic E-state index is 0.156. The number of aromatic carboxylic acids is 1. The molecule has 1 N–H and O–H groups in total. The highest BCUT2D eigenvalue weighted by Gasteiger charge is 2.16. The van der Waals surface area contributed by atoms with Crippen LogP contribution in [-0.2, 0) is 0 Å². The average Bonchev–Trinajstić information content (AvgIpc) is 2.36. The van der Waals surface area contributed by atoms with Gasteiger partial charge in [-0.15, -0.1) is 0 Å². The Morgan fingerprint density at radius 2 is 1.71 bits per heavy atom. The summed E-state index contributed by atoms with van der Waals surface area (Å²) in [7, 11) is 3.01. The van der Waals surface area contributed by atoms with Crippen molar-refractivity contribution in [3.8, 4) is 11.5 Å². The van der Waals surface area contributed by atoms with Crippen molar-refractivity contribution in [2.24, 2.45) is 0 Å². The predicted molar refractivity (Wildman–Crippen MR) is 64.0 cm³/mol. The number of fused-ring (bicyclic) bond motifs is 1. The van der Waals surface area contributed by atoms with Crippen LogP contribution in [0, 0.1) is 0 Å². The molecule has 0 unspecified atom stereocenters. The largest absolute Gasteiger partial charge is 0.496 e. The van der Waals surface area contributed by atoms with E-state index in [9.17, 15) is 9.90 Å². The van der Waals surface area contributed by atoms with Crippen molar-refractivity contribution in [2.45, 2.75) is 0 Å².